The SMILES string of the molecule is CC[C@@H](CC(=O)N[C@@H](COC(C)(C)C)C(=O)O)n1c(N)nc2cc(Cl)ccc21. The Labute approximate surface area is 169 Å². The number of aliphatic carboxylic acids is 1. The molecule has 0 aliphatic rings. The molecule has 0 aliphatic carbocycles. The van der Waals surface area contributed by atoms with Gasteiger partial charge < -0.3 is 25.5 Å². The Bertz CT molecular complexity index is 859. The lowest BCUT2D eigenvalue weighted by Crippen LogP contribution is -2.46. The van der Waals surface area contributed by atoms with E-state index in [9.17, 15) is 14.7 Å². The highest BCUT2D eigenvalue weighted by Crippen LogP contribution is 2.28. The number of aromatic nitrogens is 2. The second kappa shape index (κ2) is 8.79. The van der Waals surface area contributed by atoms with Gasteiger partial charge in [-0.05, 0) is 45.4 Å². The van der Waals surface area contributed by atoms with Gasteiger partial charge in [0.1, 0.15) is 0 Å². The van der Waals surface area contributed by atoms with Crippen LogP contribution in [0.3, 0.4) is 0 Å². The van der Waals surface area contributed by atoms with Crippen molar-refractivity contribution in [1.82, 2.24) is 14.9 Å². The third kappa shape index (κ3) is 5.59. The standard InChI is InChI=1S/C19H27ClN4O4/c1-5-12(24-15-7-6-11(20)8-13(15)23-18(24)21)9-16(25)22-14(17(26)27)10-28-19(2,3)4/h6-8,12,14H,5,9-10H2,1-4H3,(H2,21,23)(H,22,25)(H,26,27)/t12-,14-/m0/s1. The highest BCUT2D eigenvalue weighted by molar-refractivity contribution is 6.31. The molecule has 0 fully saturated rings. The zero-order valence-electron chi connectivity index (χ0n) is 16.5. The normalized spacial score (nSPS) is 14.0. The largest absolute Gasteiger partial charge is 0.480 e. The Kier molecular flexibility index (Phi) is 6.90. The first-order valence-corrected chi connectivity index (χ1v) is 9.48. The van der Waals surface area contributed by atoms with E-state index in [-0.39, 0.29) is 25.0 Å². The Balaban J connectivity index is 2.15. The van der Waals surface area contributed by atoms with Crippen LogP contribution in [0.5, 0.6) is 0 Å². The number of ether oxygens (including phenoxy) is 1. The van der Waals surface area contributed by atoms with Gasteiger partial charge in [0.15, 0.2) is 6.04 Å². The smallest absolute Gasteiger partial charge is 0.328 e. The maximum absolute atomic E-state index is 12.5. The zero-order valence-corrected chi connectivity index (χ0v) is 17.3. The molecule has 0 aliphatic heterocycles. The maximum atomic E-state index is 12.5. The average molecular weight is 411 g/mol. The van der Waals surface area contributed by atoms with Crippen molar-refractivity contribution >= 4 is 40.5 Å². The number of nitrogens with zero attached hydrogens (tertiary/aromatic N) is 2. The van der Waals surface area contributed by atoms with Crippen LogP contribution in [0.4, 0.5) is 5.95 Å². The van der Waals surface area contributed by atoms with E-state index < -0.39 is 23.5 Å². The van der Waals surface area contributed by atoms with E-state index in [4.69, 9.17) is 22.1 Å². The summed E-state index contributed by atoms with van der Waals surface area (Å²) >= 11 is 6.01. The fraction of sp³-hybridized carbons (Fsp3) is 0.526. The number of benzene rings is 1. The minimum Gasteiger partial charge on any atom is -0.480 e. The number of fused-ring (bicyclic) bond motifs is 1. The molecular weight excluding hydrogens is 384 g/mol. The van der Waals surface area contributed by atoms with E-state index in [0.717, 1.165) is 5.52 Å². The summed E-state index contributed by atoms with van der Waals surface area (Å²) in [6, 6.07) is 3.85. The number of imidazole rings is 1. The molecule has 2 atom stereocenters. The van der Waals surface area contributed by atoms with Gasteiger partial charge in [-0.3, -0.25) is 4.79 Å². The molecule has 1 aromatic heterocycles. The minimum atomic E-state index is -1.15. The molecule has 0 bridgehead atoms. The lowest BCUT2D eigenvalue weighted by Gasteiger charge is -2.24. The fourth-order valence-electron chi connectivity index (χ4n) is 2.87. The quantitative estimate of drug-likeness (QED) is 0.615. The van der Waals surface area contributed by atoms with Crippen LogP contribution in [0, 0.1) is 0 Å². The van der Waals surface area contributed by atoms with E-state index in [1.54, 1.807) is 22.8 Å². The Morgan fingerprint density at radius 3 is 2.64 bits per heavy atom. The highest BCUT2D eigenvalue weighted by Gasteiger charge is 2.26. The van der Waals surface area contributed by atoms with Crippen molar-refractivity contribution in [1.29, 1.82) is 0 Å². The van der Waals surface area contributed by atoms with Crippen LogP contribution in [-0.4, -0.2) is 44.8 Å². The molecule has 1 heterocycles. The number of carboxylic acid groups (broad SMARTS) is 1. The molecule has 4 N–H and O–H groups in total. The summed E-state index contributed by atoms with van der Waals surface area (Å²) < 4.78 is 7.29. The van der Waals surface area contributed by atoms with Crippen molar-refractivity contribution in [3.05, 3.63) is 23.2 Å². The molecule has 0 radical (unpaired) electrons. The summed E-state index contributed by atoms with van der Waals surface area (Å²) in [5.74, 6) is -1.26. The molecule has 1 amide bonds. The number of carboxylic acids is 1. The van der Waals surface area contributed by atoms with Gasteiger partial charge in [0.05, 0.1) is 23.2 Å². The Morgan fingerprint density at radius 2 is 2.07 bits per heavy atom. The minimum absolute atomic E-state index is 0.0636. The van der Waals surface area contributed by atoms with Gasteiger partial charge in [-0.2, -0.15) is 0 Å². The van der Waals surface area contributed by atoms with E-state index >= 15 is 0 Å². The van der Waals surface area contributed by atoms with Crippen LogP contribution in [0.1, 0.15) is 46.6 Å². The van der Waals surface area contributed by atoms with Crippen LogP contribution in [-0.2, 0) is 14.3 Å². The van der Waals surface area contributed by atoms with Crippen LogP contribution in [0.25, 0.3) is 11.0 Å². The van der Waals surface area contributed by atoms with Gasteiger partial charge in [0.2, 0.25) is 11.9 Å². The number of amides is 1. The molecule has 28 heavy (non-hydrogen) atoms. The molecule has 0 spiro atoms. The summed E-state index contributed by atoms with van der Waals surface area (Å²) in [6.45, 7) is 7.27. The first kappa shape index (κ1) is 22.0. The number of hydrogen-bond acceptors (Lipinski definition) is 5. The second-order valence-electron chi connectivity index (χ2n) is 7.62. The molecule has 154 valence electrons. The number of rotatable bonds is 8. The van der Waals surface area contributed by atoms with Crippen LogP contribution < -0.4 is 11.1 Å². The molecule has 0 saturated heterocycles. The lowest BCUT2D eigenvalue weighted by molar-refractivity contribution is -0.145. The average Bonchev–Trinajstić information content (AvgIpc) is 2.90. The first-order chi connectivity index (χ1) is 13.0. The molecular formula is C19H27ClN4O4. The summed E-state index contributed by atoms with van der Waals surface area (Å²) in [7, 11) is 0. The summed E-state index contributed by atoms with van der Waals surface area (Å²) in [5, 5.41) is 12.4. The molecule has 2 aromatic rings. The Morgan fingerprint density at radius 1 is 1.39 bits per heavy atom. The molecule has 8 nitrogen and oxygen atoms in total. The number of nitrogens with one attached hydrogen (secondary N) is 1. The van der Waals surface area contributed by atoms with Gasteiger partial charge in [-0.1, -0.05) is 18.5 Å². The van der Waals surface area contributed by atoms with E-state index in [2.05, 4.69) is 10.3 Å². The van der Waals surface area contributed by atoms with Gasteiger partial charge in [-0.15, -0.1) is 0 Å². The van der Waals surface area contributed by atoms with Crippen molar-refractivity contribution in [2.75, 3.05) is 12.3 Å². The van der Waals surface area contributed by atoms with Crippen molar-refractivity contribution in [3.8, 4) is 0 Å². The van der Waals surface area contributed by atoms with Crippen LogP contribution in [0.2, 0.25) is 5.02 Å². The molecule has 2 rings (SSSR count). The van der Waals surface area contributed by atoms with E-state index in [1.807, 2.05) is 27.7 Å². The topological polar surface area (TPSA) is 119 Å². The Hall–Kier alpha value is -2.32. The molecule has 0 unspecified atom stereocenters. The van der Waals surface area contributed by atoms with Crippen molar-refractivity contribution in [2.24, 2.45) is 0 Å². The number of nitrogens with two attached hydrogens (primary N) is 1. The molecule has 1 aromatic carbocycles. The predicted molar refractivity (Wildman–Crippen MR) is 108 cm³/mol. The van der Waals surface area contributed by atoms with Crippen LogP contribution >= 0.6 is 11.6 Å². The van der Waals surface area contributed by atoms with E-state index in [1.165, 1.54) is 0 Å². The van der Waals surface area contributed by atoms with Gasteiger partial charge >= 0.3 is 5.97 Å². The maximum Gasteiger partial charge on any atom is 0.328 e. The fourth-order valence-corrected chi connectivity index (χ4v) is 3.03. The second-order valence-corrected chi connectivity index (χ2v) is 8.06. The number of carbonyl (C=O) groups is 2. The first-order valence-electron chi connectivity index (χ1n) is 9.11. The number of hydrogen-bond donors (Lipinski definition) is 3. The summed E-state index contributed by atoms with van der Waals surface area (Å²) in [4.78, 5) is 28.3. The third-order valence-corrected chi connectivity index (χ3v) is 4.49. The lowest BCUT2D eigenvalue weighted by atomic mass is 10.1. The van der Waals surface area contributed by atoms with Crippen molar-refractivity contribution in [3.63, 3.8) is 0 Å². The van der Waals surface area contributed by atoms with Gasteiger partial charge in [0, 0.05) is 17.5 Å². The summed E-state index contributed by atoms with van der Waals surface area (Å²) in [5.41, 5.74) is 6.97. The van der Waals surface area contributed by atoms with E-state index in [0.29, 0.717) is 17.0 Å². The van der Waals surface area contributed by atoms with Crippen molar-refractivity contribution < 1.29 is 19.4 Å². The molecule has 9 heteroatoms. The number of nitrogen functional groups attached to an aromatic ring is 1. The zero-order chi connectivity index (χ0) is 21.1. The van der Waals surface area contributed by atoms with Crippen molar-refractivity contribution in [2.45, 2.75) is 58.2 Å². The number of anilines is 1. The molecule has 0 saturated carbocycles. The van der Waals surface area contributed by atoms with Crippen LogP contribution in [0.15, 0.2) is 18.2 Å². The monoisotopic (exact) mass is 410 g/mol. The number of halogens is 1. The predicted octanol–water partition coefficient (Wildman–Crippen LogP) is 3.00. The third-order valence-electron chi connectivity index (χ3n) is 4.25. The van der Waals surface area contributed by atoms with Gasteiger partial charge in [-0.25, -0.2) is 9.78 Å². The van der Waals surface area contributed by atoms with Gasteiger partial charge in [0.25, 0.3) is 0 Å². The highest BCUT2D eigenvalue weighted by atomic mass is 35.5. The summed E-state index contributed by atoms with van der Waals surface area (Å²) in [6.07, 6.45) is 0.677. The number of carbonyl (C=O) groups excluding carboxylic acids is 1.